The van der Waals surface area contributed by atoms with E-state index in [-0.39, 0.29) is 0 Å². The first-order valence-electron chi connectivity index (χ1n) is 12.6. The number of nitrogens with one attached hydrogen (secondary N) is 2. The summed E-state index contributed by atoms with van der Waals surface area (Å²) in [5.74, 6) is -1.30. The lowest BCUT2D eigenvalue weighted by atomic mass is 9.94. The molecule has 18 nitrogen and oxygen atoms in total. The van der Waals surface area contributed by atoms with Gasteiger partial charge in [0.05, 0.1) is 19.8 Å². The van der Waals surface area contributed by atoms with Crippen molar-refractivity contribution in [3.63, 3.8) is 0 Å². The lowest BCUT2D eigenvalue weighted by Gasteiger charge is -2.49. The quantitative estimate of drug-likeness (QED) is 0.120. The first-order valence-corrected chi connectivity index (χ1v) is 12.6. The number of rotatable bonds is 9. The molecule has 3 saturated heterocycles. The van der Waals surface area contributed by atoms with Crippen LogP contribution in [0.5, 0.6) is 0 Å². The number of aliphatic hydroxyl groups is 9. The molecule has 3 aliphatic rings. The van der Waals surface area contributed by atoms with Gasteiger partial charge in [0.1, 0.15) is 73.1 Å². The fourth-order valence-corrected chi connectivity index (χ4v) is 4.87. The molecule has 0 aromatic carbocycles. The van der Waals surface area contributed by atoms with Gasteiger partial charge in [0.2, 0.25) is 11.8 Å². The van der Waals surface area contributed by atoms with Crippen molar-refractivity contribution in [2.45, 2.75) is 106 Å². The van der Waals surface area contributed by atoms with E-state index >= 15 is 0 Å². The zero-order valence-electron chi connectivity index (χ0n) is 21.7. The summed E-state index contributed by atoms with van der Waals surface area (Å²) in [6.07, 6.45) is -21.1. The minimum Gasteiger partial charge on any atom is -0.394 e. The lowest BCUT2D eigenvalue weighted by Crippen LogP contribution is -2.70. The van der Waals surface area contributed by atoms with Crippen molar-refractivity contribution in [2.75, 3.05) is 19.8 Å². The molecule has 11 N–H and O–H groups in total. The molecule has 3 fully saturated rings. The van der Waals surface area contributed by atoms with Crippen LogP contribution in [0.2, 0.25) is 0 Å². The van der Waals surface area contributed by atoms with Crippen LogP contribution in [0.15, 0.2) is 0 Å². The normalized spacial score (nSPS) is 46.0. The summed E-state index contributed by atoms with van der Waals surface area (Å²) in [5.41, 5.74) is 0. The fourth-order valence-electron chi connectivity index (χ4n) is 4.87. The maximum atomic E-state index is 12.0. The van der Waals surface area contributed by atoms with E-state index in [1.807, 2.05) is 0 Å². The average molecular weight is 587 g/mol. The number of hydrogen-bond donors (Lipinski definition) is 11. The van der Waals surface area contributed by atoms with Gasteiger partial charge in [-0.2, -0.15) is 0 Å². The van der Waals surface area contributed by atoms with Gasteiger partial charge in [-0.15, -0.1) is 0 Å². The second kappa shape index (κ2) is 14.0. The molecule has 18 heteroatoms. The van der Waals surface area contributed by atoms with Crippen LogP contribution in [0.3, 0.4) is 0 Å². The summed E-state index contributed by atoms with van der Waals surface area (Å²) in [7, 11) is 0. The minimum atomic E-state index is -1.85. The van der Waals surface area contributed by atoms with Crippen LogP contribution in [-0.4, -0.2) is 170 Å². The van der Waals surface area contributed by atoms with Crippen molar-refractivity contribution in [2.24, 2.45) is 0 Å². The molecule has 0 aliphatic carbocycles. The van der Waals surface area contributed by atoms with E-state index in [4.69, 9.17) is 23.7 Å². The predicted molar refractivity (Wildman–Crippen MR) is 124 cm³/mol. The summed E-state index contributed by atoms with van der Waals surface area (Å²) in [4.78, 5) is 23.5. The van der Waals surface area contributed by atoms with E-state index in [9.17, 15) is 55.5 Å². The zero-order chi connectivity index (χ0) is 29.9. The van der Waals surface area contributed by atoms with Gasteiger partial charge in [-0.1, -0.05) is 0 Å². The highest BCUT2D eigenvalue weighted by atomic mass is 16.7. The molecule has 6 unspecified atom stereocenters. The Labute approximate surface area is 228 Å². The van der Waals surface area contributed by atoms with Crippen molar-refractivity contribution >= 4 is 11.8 Å². The fraction of sp³-hybridized carbons (Fsp3) is 0.909. The zero-order valence-corrected chi connectivity index (χ0v) is 21.7. The number of carbonyl (C=O) groups excluding carboxylic acids is 2. The number of hydrogen-bond acceptors (Lipinski definition) is 16. The van der Waals surface area contributed by atoms with Gasteiger partial charge >= 0.3 is 0 Å². The van der Waals surface area contributed by atoms with Crippen LogP contribution >= 0.6 is 0 Å². The molecule has 0 bridgehead atoms. The van der Waals surface area contributed by atoms with Gasteiger partial charge < -0.3 is 80.3 Å². The summed E-state index contributed by atoms with van der Waals surface area (Å²) in [6, 6.07) is -2.87. The topological polar surface area (TPSA) is 286 Å². The monoisotopic (exact) mass is 586 g/mol. The van der Waals surface area contributed by atoms with E-state index in [1.165, 1.54) is 0 Å². The Kier molecular flexibility index (Phi) is 11.5. The molecule has 2 amide bonds. The molecule has 0 saturated carbocycles. The molecule has 0 spiro atoms. The third-order valence-corrected chi connectivity index (χ3v) is 6.90. The van der Waals surface area contributed by atoms with Crippen molar-refractivity contribution in [1.82, 2.24) is 10.6 Å². The van der Waals surface area contributed by atoms with E-state index in [1.54, 1.807) is 0 Å². The SMILES string of the molecule is CC(=O)NC1[C@H](O[C@H]2C(CO)O[C@@H](O)C(NC(C)=O)[C@H]2O)OC(CO)[C@H](O[C@@H]2OC(CO)[C@H](O)[C@H](O)C2O)[C@@H]1O. The Morgan fingerprint density at radius 1 is 0.600 bits per heavy atom. The Bertz CT molecular complexity index is 852. The maximum absolute atomic E-state index is 12.0. The molecule has 3 heterocycles. The van der Waals surface area contributed by atoms with Crippen molar-refractivity contribution in [3.05, 3.63) is 0 Å². The molecular weight excluding hydrogens is 548 g/mol. The second-order valence-electron chi connectivity index (χ2n) is 9.81. The molecule has 232 valence electrons. The van der Waals surface area contributed by atoms with Crippen LogP contribution in [-0.2, 0) is 33.3 Å². The highest BCUT2D eigenvalue weighted by molar-refractivity contribution is 5.73. The standard InChI is InChI=1S/C22H38N2O16/c1-6(28)23-11-14(31)18(9(4-26)36-20(11)35)39-21-12(24-7(2)29)15(32)19(10(5-27)38-21)40-22-17(34)16(33)13(30)8(3-25)37-22/h8-22,25-27,30-35H,3-5H2,1-2H3,(H,23,28)(H,24,29)/t8?,9?,10?,11?,12?,13-,14+,15+,16-,17?,18-,19-,20+,21-,22-/m0/s1. The highest BCUT2D eigenvalue weighted by Gasteiger charge is 2.54. The summed E-state index contributed by atoms with van der Waals surface area (Å²) >= 11 is 0. The van der Waals surface area contributed by atoms with Crippen LogP contribution in [0, 0.1) is 0 Å². The van der Waals surface area contributed by atoms with Crippen molar-refractivity contribution < 1.29 is 79.2 Å². The molecular formula is C22H38N2O16. The predicted octanol–water partition coefficient (Wildman–Crippen LogP) is -7.29. The molecule has 40 heavy (non-hydrogen) atoms. The van der Waals surface area contributed by atoms with E-state index in [0.29, 0.717) is 0 Å². The smallest absolute Gasteiger partial charge is 0.217 e. The molecule has 15 atom stereocenters. The molecule has 0 aromatic rings. The van der Waals surface area contributed by atoms with Gasteiger partial charge in [0.25, 0.3) is 0 Å². The van der Waals surface area contributed by atoms with Crippen LogP contribution < -0.4 is 10.6 Å². The number of aliphatic hydroxyl groups excluding tert-OH is 9. The lowest BCUT2D eigenvalue weighted by molar-refractivity contribution is -0.360. The second-order valence-corrected chi connectivity index (χ2v) is 9.81. The first kappa shape index (κ1) is 32.9. The van der Waals surface area contributed by atoms with E-state index in [2.05, 4.69) is 10.6 Å². The van der Waals surface area contributed by atoms with Gasteiger partial charge in [-0.05, 0) is 0 Å². The largest absolute Gasteiger partial charge is 0.394 e. The van der Waals surface area contributed by atoms with Gasteiger partial charge in [0, 0.05) is 13.8 Å². The van der Waals surface area contributed by atoms with Gasteiger partial charge in [0.15, 0.2) is 18.9 Å². The van der Waals surface area contributed by atoms with E-state index in [0.717, 1.165) is 13.8 Å². The molecule has 0 radical (unpaired) electrons. The van der Waals surface area contributed by atoms with Crippen molar-refractivity contribution in [1.29, 1.82) is 0 Å². The summed E-state index contributed by atoms with van der Waals surface area (Å²) in [6.45, 7) is -0.117. The highest BCUT2D eigenvalue weighted by Crippen LogP contribution is 2.32. The first-order chi connectivity index (χ1) is 18.8. The maximum Gasteiger partial charge on any atom is 0.217 e. The molecule has 3 aliphatic heterocycles. The van der Waals surface area contributed by atoms with Crippen molar-refractivity contribution in [3.8, 4) is 0 Å². The Balaban J connectivity index is 1.85. The third-order valence-electron chi connectivity index (χ3n) is 6.90. The average Bonchev–Trinajstić information content (AvgIpc) is 2.90. The Hall–Kier alpha value is -1.62. The molecule has 3 rings (SSSR count). The van der Waals surface area contributed by atoms with Crippen LogP contribution in [0.1, 0.15) is 13.8 Å². The number of ether oxygens (including phenoxy) is 5. The molecule has 0 aromatic heterocycles. The summed E-state index contributed by atoms with van der Waals surface area (Å²) < 4.78 is 27.7. The van der Waals surface area contributed by atoms with E-state index < -0.39 is 124 Å². The Morgan fingerprint density at radius 2 is 1.05 bits per heavy atom. The van der Waals surface area contributed by atoms with Crippen LogP contribution in [0.25, 0.3) is 0 Å². The summed E-state index contributed by atoms with van der Waals surface area (Å²) in [5, 5.41) is 96.5. The minimum absolute atomic E-state index is 0.623. The van der Waals surface area contributed by atoms with Gasteiger partial charge in [-0.25, -0.2) is 0 Å². The third kappa shape index (κ3) is 7.05. The number of amides is 2. The Morgan fingerprint density at radius 3 is 1.57 bits per heavy atom. The number of carbonyl (C=O) groups is 2. The van der Waals surface area contributed by atoms with Crippen LogP contribution in [0.4, 0.5) is 0 Å². The van der Waals surface area contributed by atoms with Gasteiger partial charge in [-0.3, -0.25) is 9.59 Å².